The van der Waals surface area contributed by atoms with Crippen LogP contribution in [0.2, 0.25) is 0 Å². The van der Waals surface area contributed by atoms with Crippen molar-refractivity contribution in [3.05, 3.63) is 35.4 Å². The fourth-order valence-electron chi connectivity index (χ4n) is 1.05. The molecule has 3 nitrogen and oxygen atoms in total. The molecule has 0 saturated carbocycles. The van der Waals surface area contributed by atoms with Gasteiger partial charge in [-0.2, -0.15) is 0 Å². The van der Waals surface area contributed by atoms with Crippen LogP contribution >= 0.6 is 0 Å². The Kier molecular flexibility index (Phi) is 3.85. The first-order chi connectivity index (χ1) is 6.72. The Hall–Kier alpha value is -1.64. The van der Waals surface area contributed by atoms with Gasteiger partial charge in [0.1, 0.15) is 12.9 Å². The Balaban J connectivity index is 2.54. The minimum absolute atomic E-state index is 0.288. The predicted molar refractivity (Wildman–Crippen MR) is 51.7 cm³/mol. The lowest BCUT2D eigenvalue weighted by Gasteiger charge is -2.02. The van der Waals surface area contributed by atoms with Crippen LogP contribution in [0, 0.1) is 0 Å². The van der Waals surface area contributed by atoms with E-state index in [1.54, 1.807) is 0 Å². The number of hydrogen-bond donors (Lipinski definition) is 0. The summed E-state index contributed by atoms with van der Waals surface area (Å²) >= 11 is 0. The lowest BCUT2D eigenvalue weighted by atomic mass is 10.1. The Morgan fingerprint density at radius 3 is 2.36 bits per heavy atom. The van der Waals surface area contributed by atoms with Crippen LogP contribution in [0.3, 0.4) is 0 Å². The van der Waals surface area contributed by atoms with Gasteiger partial charge in [0.25, 0.3) is 0 Å². The van der Waals surface area contributed by atoms with Crippen molar-refractivity contribution in [2.75, 3.05) is 0 Å². The molecule has 1 aromatic carbocycles. The average molecular weight is 192 g/mol. The summed E-state index contributed by atoms with van der Waals surface area (Å²) in [5, 5.41) is 0. The Morgan fingerprint density at radius 2 is 1.86 bits per heavy atom. The second kappa shape index (κ2) is 5.17. The molecule has 3 heteroatoms. The molecular weight excluding hydrogens is 180 g/mol. The van der Waals surface area contributed by atoms with E-state index in [2.05, 4.69) is 0 Å². The molecule has 0 amide bonds. The molecule has 0 aliphatic rings. The van der Waals surface area contributed by atoms with Crippen molar-refractivity contribution >= 4 is 12.3 Å². The summed E-state index contributed by atoms with van der Waals surface area (Å²) in [4.78, 5) is 20.7. The zero-order valence-corrected chi connectivity index (χ0v) is 8.03. The smallest absolute Gasteiger partial charge is 0.302 e. The van der Waals surface area contributed by atoms with Gasteiger partial charge in [-0.3, -0.25) is 4.79 Å². The van der Waals surface area contributed by atoms with Gasteiger partial charge in [0.05, 0.1) is 0 Å². The van der Waals surface area contributed by atoms with E-state index in [-0.39, 0.29) is 12.6 Å². The number of ether oxygens (including phenoxy) is 1. The van der Waals surface area contributed by atoms with E-state index in [4.69, 9.17) is 4.74 Å². The maximum absolute atomic E-state index is 10.5. The zero-order chi connectivity index (χ0) is 10.4. The summed E-state index contributed by atoms with van der Waals surface area (Å²) in [6.45, 7) is 1.66. The minimum Gasteiger partial charge on any atom is -0.461 e. The number of rotatable bonds is 4. The Labute approximate surface area is 82.7 Å². The summed E-state index contributed by atoms with van der Waals surface area (Å²) in [5.74, 6) is -0.290. The van der Waals surface area contributed by atoms with Crippen molar-refractivity contribution in [2.45, 2.75) is 20.0 Å². The summed E-state index contributed by atoms with van der Waals surface area (Å²) in [5.41, 5.74) is 1.89. The third-order valence-corrected chi connectivity index (χ3v) is 1.78. The second-order valence-electron chi connectivity index (χ2n) is 2.97. The van der Waals surface area contributed by atoms with Gasteiger partial charge in [-0.25, -0.2) is 0 Å². The van der Waals surface area contributed by atoms with Gasteiger partial charge in [0, 0.05) is 13.3 Å². The molecular formula is C11H12O3. The van der Waals surface area contributed by atoms with Crippen LogP contribution in [0.1, 0.15) is 18.1 Å². The van der Waals surface area contributed by atoms with Gasteiger partial charge in [0.15, 0.2) is 0 Å². The number of esters is 1. The maximum atomic E-state index is 10.5. The van der Waals surface area contributed by atoms with E-state index >= 15 is 0 Å². The molecule has 0 saturated heterocycles. The number of carbonyl (C=O) groups excluding carboxylic acids is 2. The van der Waals surface area contributed by atoms with Crippen LogP contribution in [0.25, 0.3) is 0 Å². The van der Waals surface area contributed by atoms with Crippen LogP contribution in [0.15, 0.2) is 24.3 Å². The third kappa shape index (κ3) is 3.39. The first-order valence-electron chi connectivity index (χ1n) is 4.37. The molecule has 1 rings (SSSR count). The number of carbonyl (C=O) groups is 2. The highest BCUT2D eigenvalue weighted by molar-refractivity contribution is 5.65. The van der Waals surface area contributed by atoms with Crippen LogP contribution in [0.4, 0.5) is 0 Å². The molecule has 0 fully saturated rings. The van der Waals surface area contributed by atoms with E-state index in [0.29, 0.717) is 6.42 Å². The minimum atomic E-state index is -0.290. The van der Waals surface area contributed by atoms with Gasteiger partial charge >= 0.3 is 5.97 Å². The molecule has 0 unspecified atom stereocenters. The zero-order valence-electron chi connectivity index (χ0n) is 8.03. The third-order valence-electron chi connectivity index (χ3n) is 1.78. The highest BCUT2D eigenvalue weighted by atomic mass is 16.5. The standard InChI is InChI=1S/C11H12O3/c1-9(13)14-8-11-4-2-10(3-5-11)6-7-12/h2-5,7H,6,8H2,1H3. The molecule has 0 heterocycles. The lowest BCUT2D eigenvalue weighted by molar-refractivity contribution is -0.142. The molecule has 0 aromatic heterocycles. The van der Waals surface area contributed by atoms with Crippen molar-refractivity contribution in [3.8, 4) is 0 Å². The van der Waals surface area contributed by atoms with Crippen molar-refractivity contribution in [3.63, 3.8) is 0 Å². The fraction of sp³-hybridized carbons (Fsp3) is 0.273. The molecule has 0 radical (unpaired) electrons. The molecule has 0 spiro atoms. The summed E-state index contributed by atoms with van der Waals surface area (Å²) in [6.07, 6.45) is 1.29. The molecule has 0 aliphatic carbocycles. The van der Waals surface area contributed by atoms with E-state index in [0.717, 1.165) is 17.4 Å². The molecule has 0 bridgehead atoms. The van der Waals surface area contributed by atoms with Gasteiger partial charge in [0.2, 0.25) is 0 Å². The van der Waals surface area contributed by atoms with Crippen molar-refractivity contribution in [2.24, 2.45) is 0 Å². The number of aldehydes is 1. The van der Waals surface area contributed by atoms with Crippen LogP contribution in [0.5, 0.6) is 0 Å². The second-order valence-corrected chi connectivity index (χ2v) is 2.97. The van der Waals surface area contributed by atoms with Gasteiger partial charge < -0.3 is 9.53 Å². The molecule has 74 valence electrons. The van der Waals surface area contributed by atoms with Crippen LogP contribution in [-0.2, 0) is 27.4 Å². The van der Waals surface area contributed by atoms with Crippen molar-refractivity contribution in [1.29, 1.82) is 0 Å². The lowest BCUT2D eigenvalue weighted by Crippen LogP contribution is -1.98. The molecule has 1 aromatic rings. The number of hydrogen-bond acceptors (Lipinski definition) is 3. The van der Waals surface area contributed by atoms with Gasteiger partial charge in [-0.1, -0.05) is 24.3 Å². The van der Waals surface area contributed by atoms with Gasteiger partial charge in [-0.15, -0.1) is 0 Å². The largest absolute Gasteiger partial charge is 0.461 e. The van der Waals surface area contributed by atoms with Crippen molar-refractivity contribution in [1.82, 2.24) is 0 Å². The Morgan fingerprint density at radius 1 is 1.29 bits per heavy atom. The first-order valence-corrected chi connectivity index (χ1v) is 4.37. The maximum Gasteiger partial charge on any atom is 0.302 e. The normalized spacial score (nSPS) is 9.50. The highest BCUT2D eigenvalue weighted by Gasteiger charge is 1.96. The SMILES string of the molecule is CC(=O)OCc1ccc(CC=O)cc1. The van der Waals surface area contributed by atoms with E-state index in [1.807, 2.05) is 24.3 Å². The highest BCUT2D eigenvalue weighted by Crippen LogP contribution is 2.05. The van der Waals surface area contributed by atoms with E-state index < -0.39 is 0 Å². The molecule has 0 N–H and O–H groups in total. The predicted octanol–water partition coefficient (Wildman–Crippen LogP) is 1.49. The summed E-state index contributed by atoms with van der Waals surface area (Å²) in [7, 11) is 0. The molecule has 0 aliphatic heterocycles. The summed E-state index contributed by atoms with van der Waals surface area (Å²) < 4.78 is 4.82. The number of benzene rings is 1. The molecule has 0 atom stereocenters. The topological polar surface area (TPSA) is 43.4 Å². The average Bonchev–Trinajstić information content (AvgIpc) is 2.17. The summed E-state index contributed by atoms with van der Waals surface area (Å²) in [6, 6.07) is 7.41. The monoisotopic (exact) mass is 192 g/mol. The molecule has 14 heavy (non-hydrogen) atoms. The van der Waals surface area contributed by atoms with E-state index in [9.17, 15) is 9.59 Å². The van der Waals surface area contributed by atoms with Crippen LogP contribution < -0.4 is 0 Å². The quantitative estimate of drug-likeness (QED) is 0.536. The van der Waals surface area contributed by atoms with Crippen molar-refractivity contribution < 1.29 is 14.3 Å². The van der Waals surface area contributed by atoms with Gasteiger partial charge in [-0.05, 0) is 11.1 Å². The van der Waals surface area contributed by atoms with E-state index in [1.165, 1.54) is 6.92 Å². The first kappa shape index (κ1) is 10.4. The Bertz CT molecular complexity index is 314. The fourth-order valence-corrected chi connectivity index (χ4v) is 1.05. The van der Waals surface area contributed by atoms with Crippen LogP contribution in [-0.4, -0.2) is 12.3 Å².